The van der Waals surface area contributed by atoms with Crippen molar-refractivity contribution in [2.45, 2.75) is 0 Å². The molecule has 0 saturated heterocycles. The molecule has 2 rings (SSSR count). The van der Waals surface area contributed by atoms with Gasteiger partial charge in [-0.1, -0.05) is 11.3 Å². The van der Waals surface area contributed by atoms with Crippen molar-refractivity contribution in [2.24, 2.45) is 0 Å². The molecule has 0 aliphatic rings. The molecule has 0 atom stereocenters. The minimum Gasteiger partial charge on any atom is -0.263 e. The Morgan fingerprint density at radius 3 is 3.44 bits per heavy atom. The van der Waals surface area contributed by atoms with Crippen LogP contribution in [0.1, 0.15) is 0 Å². The van der Waals surface area contributed by atoms with Crippen molar-refractivity contribution in [3.05, 3.63) is 29.9 Å². The van der Waals surface area contributed by atoms with Gasteiger partial charge in [-0.05, 0) is 17.5 Å². The molecular weight excluding hydrogens is 130 g/mol. The number of hydrogen-bond donors (Lipinski definition) is 0. The summed E-state index contributed by atoms with van der Waals surface area (Å²) in [6.45, 7) is 0. The van der Waals surface area contributed by atoms with Gasteiger partial charge in [-0.15, -0.1) is 0 Å². The highest BCUT2D eigenvalue weighted by atomic mass is 32.1. The molecule has 2 aromatic rings. The van der Waals surface area contributed by atoms with Crippen molar-refractivity contribution in [3.8, 4) is 0 Å². The maximum atomic E-state index is 3.94. The molecule has 0 radical (unpaired) electrons. The first kappa shape index (κ1) is 4.78. The lowest BCUT2D eigenvalue weighted by atomic mass is 10.4. The molecule has 2 aromatic heterocycles. The van der Waals surface area contributed by atoms with E-state index in [0.717, 1.165) is 5.39 Å². The topological polar surface area (TPSA) is 12.9 Å². The standard InChI is InChI=1S/C7H3NS/c1-3-8-5-6-2-4-9-7(1)6/h1,3,5H. The molecule has 2 heterocycles. The molecule has 9 heavy (non-hydrogen) atoms. The van der Waals surface area contributed by atoms with Crippen molar-refractivity contribution < 1.29 is 0 Å². The van der Waals surface area contributed by atoms with Crippen molar-refractivity contribution in [1.29, 1.82) is 0 Å². The predicted molar refractivity (Wildman–Crippen MR) is 37.3 cm³/mol. The normalized spacial score (nSPS) is 9.33. The van der Waals surface area contributed by atoms with Gasteiger partial charge in [-0.3, -0.25) is 4.98 Å². The maximum absolute atomic E-state index is 3.94. The Kier molecular flexibility index (Phi) is 0.909. The fourth-order valence-corrected chi connectivity index (χ4v) is 1.31. The fraction of sp³-hybridized carbons (Fsp3) is 0. The second-order valence-electron chi connectivity index (χ2n) is 1.70. The van der Waals surface area contributed by atoms with Gasteiger partial charge in [0.05, 0.1) is 10.1 Å². The van der Waals surface area contributed by atoms with Gasteiger partial charge < -0.3 is 0 Å². The first-order valence-corrected chi connectivity index (χ1v) is 3.40. The Labute approximate surface area is 57.0 Å². The van der Waals surface area contributed by atoms with E-state index in [4.69, 9.17) is 0 Å². The van der Waals surface area contributed by atoms with E-state index in [1.807, 2.05) is 6.07 Å². The molecule has 0 bridgehead atoms. The quantitative estimate of drug-likeness (QED) is 0.534. The SMILES string of the molecule is c1sc2ccncc2c#1. The summed E-state index contributed by atoms with van der Waals surface area (Å²) in [5, 5.41) is 3.97. The zero-order valence-corrected chi connectivity index (χ0v) is 5.40. The van der Waals surface area contributed by atoms with Crippen LogP contribution in [0.4, 0.5) is 0 Å². The summed E-state index contributed by atoms with van der Waals surface area (Å²) in [7, 11) is 0. The van der Waals surface area contributed by atoms with Gasteiger partial charge in [-0.25, -0.2) is 0 Å². The van der Waals surface area contributed by atoms with Crippen LogP contribution < -0.4 is 0 Å². The molecule has 0 N–H and O–H groups in total. The molecule has 0 aliphatic heterocycles. The average Bonchev–Trinajstić information content (AvgIpc) is 2.33. The van der Waals surface area contributed by atoms with Crippen LogP contribution in [0.15, 0.2) is 18.5 Å². The second kappa shape index (κ2) is 1.71. The predicted octanol–water partition coefficient (Wildman–Crippen LogP) is 1.90. The zero-order chi connectivity index (χ0) is 6.10. The van der Waals surface area contributed by atoms with E-state index in [2.05, 4.69) is 16.4 Å². The summed E-state index contributed by atoms with van der Waals surface area (Å²) in [5.74, 6) is 0. The van der Waals surface area contributed by atoms with Gasteiger partial charge in [0.25, 0.3) is 0 Å². The molecule has 0 unspecified atom stereocenters. The minimum absolute atomic E-state index is 1.06. The first-order chi connectivity index (χ1) is 4.47. The van der Waals surface area contributed by atoms with Crippen molar-refractivity contribution in [1.82, 2.24) is 4.98 Å². The van der Waals surface area contributed by atoms with Gasteiger partial charge in [0.2, 0.25) is 0 Å². The van der Waals surface area contributed by atoms with E-state index >= 15 is 0 Å². The Morgan fingerprint density at radius 2 is 2.56 bits per heavy atom. The van der Waals surface area contributed by atoms with Gasteiger partial charge in [-0.2, -0.15) is 0 Å². The lowest BCUT2D eigenvalue weighted by Gasteiger charge is -1.80. The number of hydrogen-bond acceptors (Lipinski definition) is 2. The molecule has 0 spiro atoms. The molecule has 42 valence electrons. The second-order valence-corrected chi connectivity index (χ2v) is 2.55. The summed E-state index contributed by atoms with van der Waals surface area (Å²) in [4.78, 5) is 3.94. The molecule has 0 saturated carbocycles. The third-order valence-corrected chi connectivity index (χ3v) is 1.91. The van der Waals surface area contributed by atoms with Crippen LogP contribution in [0.3, 0.4) is 0 Å². The van der Waals surface area contributed by atoms with E-state index in [0.29, 0.717) is 0 Å². The van der Waals surface area contributed by atoms with Crippen LogP contribution in [-0.4, -0.2) is 4.98 Å². The summed E-state index contributed by atoms with van der Waals surface area (Å²) in [6.07, 6.45) is 3.57. The fourth-order valence-electron chi connectivity index (χ4n) is 0.700. The van der Waals surface area contributed by atoms with Crippen LogP contribution in [0.2, 0.25) is 0 Å². The van der Waals surface area contributed by atoms with Crippen LogP contribution in [0, 0.1) is 11.4 Å². The summed E-state index contributed by atoms with van der Waals surface area (Å²) >= 11 is 1.57. The van der Waals surface area contributed by atoms with Gasteiger partial charge >= 0.3 is 0 Å². The number of pyridine rings is 1. The number of rotatable bonds is 0. The molecule has 0 aromatic carbocycles. The van der Waals surface area contributed by atoms with Crippen LogP contribution in [-0.2, 0) is 0 Å². The first-order valence-electron chi connectivity index (χ1n) is 2.59. The summed E-state index contributed by atoms with van der Waals surface area (Å²) < 4.78 is 1.20. The van der Waals surface area contributed by atoms with Gasteiger partial charge in [0.1, 0.15) is 0 Å². The van der Waals surface area contributed by atoms with E-state index in [9.17, 15) is 0 Å². The molecule has 1 nitrogen and oxygen atoms in total. The van der Waals surface area contributed by atoms with Gasteiger partial charge in [0, 0.05) is 12.4 Å². The van der Waals surface area contributed by atoms with E-state index in [1.54, 1.807) is 23.7 Å². The lowest BCUT2D eigenvalue weighted by molar-refractivity contribution is 1.37. The number of nitrogens with zero attached hydrogens (tertiary/aromatic N) is 1. The van der Waals surface area contributed by atoms with E-state index < -0.39 is 0 Å². The van der Waals surface area contributed by atoms with Gasteiger partial charge in [0.15, 0.2) is 0 Å². The molecule has 0 fully saturated rings. The molecule has 0 amide bonds. The highest BCUT2D eigenvalue weighted by Gasteiger charge is 1.87. The van der Waals surface area contributed by atoms with Crippen molar-refractivity contribution in [3.63, 3.8) is 0 Å². The van der Waals surface area contributed by atoms with E-state index in [-0.39, 0.29) is 0 Å². The lowest BCUT2D eigenvalue weighted by Crippen LogP contribution is -1.64. The Morgan fingerprint density at radius 1 is 1.56 bits per heavy atom. The largest absolute Gasteiger partial charge is 0.263 e. The highest BCUT2D eigenvalue weighted by Crippen LogP contribution is 2.12. The zero-order valence-electron chi connectivity index (χ0n) is 4.59. The van der Waals surface area contributed by atoms with E-state index in [1.165, 1.54) is 4.70 Å². The third-order valence-electron chi connectivity index (χ3n) is 1.13. The number of fused-ring (bicyclic) bond motifs is 1. The third kappa shape index (κ3) is 0.664. The Bertz CT molecular complexity index is 283. The van der Waals surface area contributed by atoms with Crippen molar-refractivity contribution in [2.75, 3.05) is 0 Å². The monoisotopic (exact) mass is 133 g/mol. The molecular formula is C7H3NS. The number of aromatic nitrogens is 1. The minimum atomic E-state index is 1.06. The maximum Gasteiger partial charge on any atom is 0.0619 e. The average molecular weight is 133 g/mol. The highest BCUT2D eigenvalue weighted by molar-refractivity contribution is 7.16. The summed E-state index contributed by atoms with van der Waals surface area (Å²) in [6, 6.07) is 4.92. The molecule has 0 aliphatic carbocycles. The van der Waals surface area contributed by atoms with Crippen LogP contribution in [0.5, 0.6) is 0 Å². The van der Waals surface area contributed by atoms with Crippen molar-refractivity contribution >= 4 is 21.4 Å². The Balaban J connectivity index is 2.95. The smallest absolute Gasteiger partial charge is 0.0619 e. The Hall–Kier alpha value is -1.07. The summed E-state index contributed by atoms with van der Waals surface area (Å²) in [5.41, 5.74) is 0. The van der Waals surface area contributed by atoms with Crippen LogP contribution >= 0.6 is 11.3 Å². The van der Waals surface area contributed by atoms with Crippen LogP contribution in [0.25, 0.3) is 10.1 Å². The molecule has 2 heteroatoms.